The molecule has 0 aromatic carbocycles. The van der Waals surface area contributed by atoms with E-state index in [1.54, 1.807) is 4.68 Å². The van der Waals surface area contributed by atoms with Gasteiger partial charge in [0.2, 0.25) is 0 Å². The Morgan fingerprint density at radius 3 is 2.75 bits per heavy atom. The minimum atomic E-state index is -0.246. The zero-order chi connectivity index (χ0) is 12.3. The average Bonchev–Trinajstić information content (AvgIpc) is 2.58. The number of hydrogen-bond donors (Lipinski definition) is 1. The molecule has 2 atom stereocenters. The zero-order valence-corrected chi connectivity index (χ0v) is 10.7. The van der Waals surface area contributed by atoms with Crippen LogP contribution in [0.5, 0.6) is 0 Å². The first kappa shape index (κ1) is 13.2. The van der Waals surface area contributed by atoms with Gasteiger partial charge in [-0.2, -0.15) is 5.10 Å². The fraction of sp³-hybridized carbons (Fsp3) is 0.636. The number of aryl methyl sites for hydroxylation is 1. The van der Waals surface area contributed by atoms with Gasteiger partial charge in [-0.3, -0.25) is 9.48 Å². The first-order chi connectivity index (χ1) is 7.49. The van der Waals surface area contributed by atoms with Crippen molar-refractivity contribution >= 4 is 17.4 Å². The molecular weight excluding hydrogens is 226 g/mol. The molecule has 16 heavy (non-hydrogen) atoms. The molecule has 1 heterocycles. The molecule has 0 aliphatic rings. The number of rotatable bonds is 5. The molecule has 0 amide bonds. The van der Waals surface area contributed by atoms with Crippen LogP contribution in [0.3, 0.4) is 0 Å². The Balaban J connectivity index is 3.02. The van der Waals surface area contributed by atoms with Crippen LogP contribution in [-0.2, 0) is 6.54 Å². The van der Waals surface area contributed by atoms with Crippen molar-refractivity contribution in [3.63, 3.8) is 0 Å². The largest absolute Gasteiger partial charge is 0.327 e. The number of Topliss-reactive ketones (excluding diaryl/α,β-unsaturated/α-hetero) is 1. The number of nitrogens with zero attached hydrogens (tertiary/aromatic N) is 2. The SMILES string of the molecule is CCCn1ncc(Cl)c1C(=O)C(C)C(C)N. The Morgan fingerprint density at radius 1 is 1.62 bits per heavy atom. The van der Waals surface area contributed by atoms with Gasteiger partial charge in [0.05, 0.1) is 11.2 Å². The van der Waals surface area contributed by atoms with Gasteiger partial charge in [-0.1, -0.05) is 25.4 Å². The summed E-state index contributed by atoms with van der Waals surface area (Å²) in [5.74, 6) is -0.282. The van der Waals surface area contributed by atoms with Crippen LogP contribution in [0.15, 0.2) is 6.20 Å². The molecule has 5 heteroatoms. The van der Waals surface area contributed by atoms with Crippen molar-refractivity contribution in [3.05, 3.63) is 16.9 Å². The summed E-state index contributed by atoms with van der Waals surface area (Å²) < 4.78 is 1.66. The van der Waals surface area contributed by atoms with Gasteiger partial charge in [0.25, 0.3) is 0 Å². The highest BCUT2D eigenvalue weighted by Crippen LogP contribution is 2.20. The summed E-state index contributed by atoms with van der Waals surface area (Å²) in [5.41, 5.74) is 6.20. The third-order valence-corrected chi connectivity index (χ3v) is 2.94. The molecule has 0 fully saturated rings. The Hall–Kier alpha value is -0.870. The molecule has 0 aliphatic heterocycles. The topological polar surface area (TPSA) is 60.9 Å². The molecule has 1 aromatic heterocycles. The van der Waals surface area contributed by atoms with Crippen molar-refractivity contribution in [2.75, 3.05) is 0 Å². The maximum atomic E-state index is 12.1. The van der Waals surface area contributed by atoms with Gasteiger partial charge < -0.3 is 5.73 Å². The third kappa shape index (κ3) is 2.62. The fourth-order valence-corrected chi connectivity index (χ4v) is 1.68. The van der Waals surface area contributed by atoms with Crippen LogP contribution in [0.25, 0.3) is 0 Å². The number of aromatic nitrogens is 2. The molecule has 0 radical (unpaired) electrons. The fourth-order valence-electron chi connectivity index (χ4n) is 1.44. The van der Waals surface area contributed by atoms with Crippen molar-refractivity contribution in [2.45, 2.75) is 39.8 Å². The van der Waals surface area contributed by atoms with Crippen LogP contribution in [0, 0.1) is 5.92 Å². The monoisotopic (exact) mass is 243 g/mol. The average molecular weight is 244 g/mol. The van der Waals surface area contributed by atoms with Crippen LogP contribution in [0.2, 0.25) is 5.02 Å². The summed E-state index contributed by atoms with van der Waals surface area (Å²) in [6.45, 7) is 6.35. The highest BCUT2D eigenvalue weighted by molar-refractivity contribution is 6.33. The number of nitrogens with two attached hydrogens (primary N) is 1. The Kier molecular flexibility index (Phi) is 4.50. The molecule has 0 saturated carbocycles. The number of carbonyl (C=O) groups excluding carboxylic acids is 1. The van der Waals surface area contributed by atoms with Crippen molar-refractivity contribution in [3.8, 4) is 0 Å². The van der Waals surface area contributed by atoms with Crippen molar-refractivity contribution < 1.29 is 4.79 Å². The van der Waals surface area contributed by atoms with Crippen LogP contribution in [-0.4, -0.2) is 21.6 Å². The van der Waals surface area contributed by atoms with E-state index in [0.717, 1.165) is 6.42 Å². The molecule has 0 bridgehead atoms. The van der Waals surface area contributed by atoms with E-state index < -0.39 is 0 Å². The molecule has 4 nitrogen and oxygen atoms in total. The summed E-state index contributed by atoms with van der Waals surface area (Å²) in [6.07, 6.45) is 2.42. The van der Waals surface area contributed by atoms with E-state index in [4.69, 9.17) is 17.3 Å². The standard InChI is InChI=1S/C11H18ClN3O/c1-4-5-15-10(9(12)6-14-15)11(16)7(2)8(3)13/h6-8H,4-5,13H2,1-3H3. The first-order valence-electron chi connectivity index (χ1n) is 5.50. The van der Waals surface area contributed by atoms with E-state index in [9.17, 15) is 4.79 Å². The molecule has 0 spiro atoms. The molecule has 0 aliphatic carbocycles. The second kappa shape index (κ2) is 5.46. The molecule has 1 rings (SSSR count). The van der Waals surface area contributed by atoms with Gasteiger partial charge in [0.1, 0.15) is 5.69 Å². The van der Waals surface area contributed by atoms with Crippen LogP contribution in [0.4, 0.5) is 0 Å². The maximum Gasteiger partial charge on any atom is 0.186 e. The summed E-state index contributed by atoms with van der Waals surface area (Å²) >= 11 is 5.98. The third-order valence-electron chi connectivity index (χ3n) is 2.67. The number of hydrogen-bond acceptors (Lipinski definition) is 3. The van der Waals surface area contributed by atoms with Gasteiger partial charge in [0, 0.05) is 18.5 Å². The van der Waals surface area contributed by atoms with E-state index in [1.165, 1.54) is 6.20 Å². The van der Waals surface area contributed by atoms with Crippen molar-refractivity contribution in [2.24, 2.45) is 11.7 Å². The van der Waals surface area contributed by atoms with Gasteiger partial charge in [0.15, 0.2) is 5.78 Å². The number of ketones is 1. The molecule has 2 N–H and O–H groups in total. The number of halogens is 1. The van der Waals surface area contributed by atoms with Gasteiger partial charge in [-0.05, 0) is 13.3 Å². The highest BCUT2D eigenvalue weighted by Gasteiger charge is 2.24. The Labute approximate surface area is 101 Å². The van der Waals surface area contributed by atoms with E-state index in [-0.39, 0.29) is 17.7 Å². The van der Waals surface area contributed by atoms with Crippen LogP contribution < -0.4 is 5.73 Å². The zero-order valence-electron chi connectivity index (χ0n) is 9.90. The predicted molar refractivity (Wildman–Crippen MR) is 64.7 cm³/mol. The second-order valence-electron chi connectivity index (χ2n) is 4.08. The lowest BCUT2D eigenvalue weighted by atomic mass is 9.97. The Bertz CT molecular complexity index is 373. The quantitative estimate of drug-likeness (QED) is 0.806. The minimum absolute atomic E-state index is 0.0362. The van der Waals surface area contributed by atoms with Crippen molar-refractivity contribution in [1.82, 2.24) is 9.78 Å². The number of carbonyl (C=O) groups is 1. The summed E-state index contributed by atoms with van der Waals surface area (Å²) in [7, 11) is 0. The van der Waals surface area contributed by atoms with Crippen molar-refractivity contribution in [1.29, 1.82) is 0 Å². The van der Waals surface area contributed by atoms with E-state index >= 15 is 0 Å². The molecule has 2 unspecified atom stereocenters. The summed E-state index contributed by atoms with van der Waals surface area (Å²) in [6, 6.07) is -0.187. The van der Waals surface area contributed by atoms with Crippen LogP contribution in [0.1, 0.15) is 37.7 Å². The van der Waals surface area contributed by atoms with Gasteiger partial charge >= 0.3 is 0 Å². The predicted octanol–water partition coefficient (Wildman–Crippen LogP) is 2.11. The van der Waals surface area contributed by atoms with E-state index in [2.05, 4.69) is 5.10 Å². The van der Waals surface area contributed by atoms with Crippen LogP contribution >= 0.6 is 11.6 Å². The van der Waals surface area contributed by atoms with E-state index in [1.807, 2.05) is 20.8 Å². The second-order valence-corrected chi connectivity index (χ2v) is 4.48. The summed E-state index contributed by atoms with van der Waals surface area (Å²) in [4.78, 5) is 12.1. The van der Waals surface area contributed by atoms with Gasteiger partial charge in [-0.15, -0.1) is 0 Å². The van der Waals surface area contributed by atoms with Gasteiger partial charge in [-0.25, -0.2) is 0 Å². The van der Waals surface area contributed by atoms with E-state index in [0.29, 0.717) is 17.3 Å². The molecule has 0 saturated heterocycles. The first-order valence-corrected chi connectivity index (χ1v) is 5.87. The molecular formula is C11H18ClN3O. The minimum Gasteiger partial charge on any atom is -0.327 e. The molecule has 1 aromatic rings. The maximum absolute atomic E-state index is 12.1. The molecule has 90 valence electrons. The highest BCUT2D eigenvalue weighted by atomic mass is 35.5. The lowest BCUT2D eigenvalue weighted by Crippen LogP contribution is -2.32. The normalized spacial score (nSPS) is 14.8. The Morgan fingerprint density at radius 2 is 2.25 bits per heavy atom. The lowest BCUT2D eigenvalue weighted by molar-refractivity contribution is 0.0906. The smallest absolute Gasteiger partial charge is 0.186 e. The summed E-state index contributed by atoms with van der Waals surface area (Å²) in [5, 5.41) is 4.50. The lowest BCUT2D eigenvalue weighted by Gasteiger charge is -2.15.